The van der Waals surface area contributed by atoms with Crippen LogP contribution in [0.2, 0.25) is 0 Å². The zero-order valence-corrected chi connectivity index (χ0v) is 13.8. The van der Waals surface area contributed by atoms with E-state index in [0.29, 0.717) is 17.0 Å². The number of ether oxygens (including phenoxy) is 1. The molecule has 0 fully saturated rings. The van der Waals surface area contributed by atoms with E-state index in [2.05, 4.69) is 10.6 Å². The van der Waals surface area contributed by atoms with Gasteiger partial charge in [-0.15, -0.1) is 0 Å². The zero-order valence-electron chi connectivity index (χ0n) is 13.8. The Morgan fingerprint density at radius 3 is 2.38 bits per heavy atom. The lowest BCUT2D eigenvalue weighted by Crippen LogP contribution is -2.36. The van der Waals surface area contributed by atoms with Crippen molar-refractivity contribution in [2.75, 3.05) is 12.4 Å². The molecule has 0 saturated heterocycles. The largest absolute Gasteiger partial charge is 0.508 e. The molecular formula is C18H20N2O4. The van der Waals surface area contributed by atoms with E-state index in [1.165, 1.54) is 13.2 Å². The molecule has 2 rings (SSSR count). The highest BCUT2D eigenvalue weighted by atomic mass is 16.5. The zero-order chi connectivity index (χ0) is 17.7. The molecule has 0 aliphatic heterocycles. The van der Waals surface area contributed by atoms with Gasteiger partial charge < -0.3 is 20.5 Å². The fourth-order valence-corrected chi connectivity index (χ4v) is 2.17. The summed E-state index contributed by atoms with van der Waals surface area (Å²) in [4.78, 5) is 24.0. The van der Waals surface area contributed by atoms with Crippen molar-refractivity contribution < 1.29 is 19.4 Å². The number of nitrogens with one attached hydrogen (secondary N) is 2. The van der Waals surface area contributed by atoms with Gasteiger partial charge >= 0.3 is 11.8 Å². The summed E-state index contributed by atoms with van der Waals surface area (Å²) >= 11 is 0. The Balaban J connectivity index is 2.02. The van der Waals surface area contributed by atoms with E-state index in [1.54, 1.807) is 31.2 Å². The minimum atomic E-state index is -0.787. The number of carbonyl (C=O) groups is 2. The van der Waals surface area contributed by atoms with Crippen LogP contribution in [0.5, 0.6) is 11.5 Å². The van der Waals surface area contributed by atoms with Crippen LogP contribution in [-0.2, 0) is 9.59 Å². The van der Waals surface area contributed by atoms with Gasteiger partial charge in [0.15, 0.2) is 0 Å². The van der Waals surface area contributed by atoms with Gasteiger partial charge in [-0.2, -0.15) is 0 Å². The van der Waals surface area contributed by atoms with Gasteiger partial charge in [-0.1, -0.05) is 17.7 Å². The molecular weight excluding hydrogens is 308 g/mol. The normalized spacial score (nSPS) is 11.5. The van der Waals surface area contributed by atoms with Gasteiger partial charge in [0.2, 0.25) is 0 Å². The predicted molar refractivity (Wildman–Crippen MR) is 91.0 cm³/mol. The number of hydrogen-bond acceptors (Lipinski definition) is 4. The van der Waals surface area contributed by atoms with E-state index in [0.717, 1.165) is 5.56 Å². The fraction of sp³-hybridized carbons (Fsp3) is 0.222. The van der Waals surface area contributed by atoms with Crippen LogP contribution < -0.4 is 15.4 Å². The van der Waals surface area contributed by atoms with E-state index in [4.69, 9.17) is 4.74 Å². The van der Waals surface area contributed by atoms with E-state index in [-0.39, 0.29) is 5.75 Å². The third-order valence-corrected chi connectivity index (χ3v) is 3.56. The molecule has 6 nitrogen and oxygen atoms in total. The van der Waals surface area contributed by atoms with Crippen LogP contribution in [0.15, 0.2) is 42.5 Å². The van der Waals surface area contributed by atoms with Crippen LogP contribution in [0.1, 0.15) is 24.1 Å². The number of benzene rings is 2. The fourth-order valence-electron chi connectivity index (χ4n) is 2.17. The second-order valence-corrected chi connectivity index (χ2v) is 5.44. The smallest absolute Gasteiger partial charge is 0.313 e. The lowest BCUT2D eigenvalue weighted by Gasteiger charge is -2.16. The van der Waals surface area contributed by atoms with Crippen molar-refractivity contribution in [2.45, 2.75) is 19.9 Å². The molecule has 2 aromatic carbocycles. The molecule has 0 heterocycles. The van der Waals surface area contributed by atoms with Gasteiger partial charge in [0.1, 0.15) is 11.5 Å². The van der Waals surface area contributed by atoms with Crippen LogP contribution in [-0.4, -0.2) is 24.0 Å². The molecule has 0 aliphatic carbocycles. The van der Waals surface area contributed by atoms with Crippen molar-refractivity contribution in [3.8, 4) is 11.5 Å². The highest BCUT2D eigenvalue weighted by Gasteiger charge is 2.19. The van der Waals surface area contributed by atoms with Crippen molar-refractivity contribution in [1.29, 1.82) is 0 Å². The van der Waals surface area contributed by atoms with Gasteiger partial charge in [-0.05, 0) is 44.2 Å². The number of carbonyl (C=O) groups excluding carboxylic acids is 2. The summed E-state index contributed by atoms with van der Waals surface area (Å²) in [7, 11) is 1.51. The molecule has 0 spiro atoms. The lowest BCUT2D eigenvalue weighted by molar-refractivity contribution is -0.136. The first-order valence-corrected chi connectivity index (χ1v) is 7.46. The van der Waals surface area contributed by atoms with E-state index in [1.807, 2.05) is 19.1 Å². The lowest BCUT2D eigenvalue weighted by atomic mass is 10.1. The summed E-state index contributed by atoms with van der Waals surface area (Å²) < 4.78 is 5.10. The van der Waals surface area contributed by atoms with Gasteiger partial charge in [0.25, 0.3) is 0 Å². The Labute approximate surface area is 140 Å². The minimum Gasteiger partial charge on any atom is -0.508 e. The molecule has 0 radical (unpaired) electrons. The van der Waals surface area contributed by atoms with Crippen LogP contribution in [0.3, 0.4) is 0 Å². The Kier molecular flexibility index (Phi) is 5.42. The monoisotopic (exact) mass is 328 g/mol. The van der Waals surface area contributed by atoms with E-state index < -0.39 is 17.9 Å². The summed E-state index contributed by atoms with van der Waals surface area (Å²) in [6, 6.07) is 11.2. The molecule has 6 heteroatoms. The van der Waals surface area contributed by atoms with Crippen LogP contribution in [0, 0.1) is 6.92 Å². The van der Waals surface area contributed by atoms with Crippen molar-refractivity contribution in [3.05, 3.63) is 53.6 Å². The highest BCUT2D eigenvalue weighted by molar-refractivity contribution is 6.39. The van der Waals surface area contributed by atoms with E-state index >= 15 is 0 Å². The van der Waals surface area contributed by atoms with Crippen LogP contribution in [0.4, 0.5) is 5.69 Å². The maximum absolute atomic E-state index is 12.0. The van der Waals surface area contributed by atoms with Gasteiger partial charge in [-0.25, -0.2) is 0 Å². The number of hydrogen-bond donors (Lipinski definition) is 3. The number of phenolic OH excluding ortho intramolecular Hbond substituents is 1. The summed E-state index contributed by atoms with van der Waals surface area (Å²) in [5.41, 5.74) is 2.06. The first-order chi connectivity index (χ1) is 11.4. The maximum atomic E-state index is 12.0. The molecule has 0 aromatic heterocycles. The molecule has 2 aromatic rings. The van der Waals surface area contributed by atoms with Crippen molar-refractivity contribution in [1.82, 2.24) is 5.32 Å². The van der Waals surface area contributed by atoms with Crippen LogP contribution in [0.25, 0.3) is 0 Å². The number of aryl methyl sites for hydroxylation is 1. The van der Waals surface area contributed by atoms with Gasteiger partial charge in [-0.3, -0.25) is 9.59 Å². The SMILES string of the molecule is COc1ccc(O)c(C(C)NC(=O)C(=O)Nc2ccc(C)cc2)c1. The van der Waals surface area contributed by atoms with E-state index in [9.17, 15) is 14.7 Å². The van der Waals surface area contributed by atoms with Crippen molar-refractivity contribution >= 4 is 17.5 Å². The molecule has 3 N–H and O–H groups in total. The summed E-state index contributed by atoms with van der Waals surface area (Å²) in [5.74, 6) is -0.992. The number of phenols is 1. The second kappa shape index (κ2) is 7.50. The minimum absolute atomic E-state index is 0.0162. The van der Waals surface area contributed by atoms with Gasteiger partial charge in [0.05, 0.1) is 13.2 Å². The number of methoxy groups -OCH3 is 1. The quantitative estimate of drug-likeness (QED) is 0.753. The molecule has 0 bridgehead atoms. The maximum Gasteiger partial charge on any atom is 0.313 e. The number of anilines is 1. The Bertz CT molecular complexity index is 741. The summed E-state index contributed by atoms with van der Waals surface area (Å²) in [5, 5.41) is 15.0. The molecule has 126 valence electrons. The first kappa shape index (κ1) is 17.3. The number of aromatic hydroxyl groups is 1. The molecule has 24 heavy (non-hydrogen) atoms. The van der Waals surface area contributed by atoms with Crippen LogP contribution >= 0.6 is 0 Å². The third-order valence-electron chi connectivity index (χ3n) is 3.56. The molecule has 1 unspecified atom stereocenters. The van der Waals surface area contributed by atoms with Crippen molar-refractivity contribution in [2.24, 2.45) is 0 Å². The topological polar surface area (TPSA) is 87.7 Å². The average Bonchev–Trinajstić information content (AvgIpc) is 2.57. The second-order valence-electron chi connectivity index (χ2n) is 5.44. The number of rotatable bonds is 4. The predicted octanol–water partition coefficient (Wildman–Crippen LogP) is 2.53. The summed E-state index contributed by atoms with van der Waals surface area (Å²) in [6.07, 6.45) is 0. The third kappa shape index (κ3) is 4.25. The Morgan fingerprint density at radius 2 is 1.75 bits per heavy atom. The Morgan fingerprint density at radius 1 is 1.08 bits per heavy atom. The first-order valence-electron chi connectivity index (χ1n) is 7.46. The highest BCUT2D eigenvalue weighted by Crippen LogP contribution is 2.28. The van der Waals surface area contributed by atoms with Crippen molar-refractivity contribution in [3.63, 3.8) is 0 Å². The molecule has 0 saturated carbocycles. The summed E-state index contributed by atoms with van der Waals surface area (Å²) in [6.45, 7) is 3.60. The average molecular weight is 328 g/mol. The van der Waals surface area contributed by atoms with Gasteiger partial charge in [0, 0.05) is 11.3 Å². The number of amides is 2. The molecule has 0 aliphatic rings. The standard InChI is InChI=1S/C18H20N2O4/c1-11-4-6-13(7-5-11)20-18(23)17(22)19-12(2)15-10-14(24-3)8-9-16(15)21/h4-10,12,21H,1-3H3,(H,19,22)(H,20,23). The molecule has 1 atom stereocenters. The molecule has 2 amide bonds. The Hall–Kier alpha value is -3.02.